The van der Waals surface area contributed by atoms with Crippen LogP contribution < -0.4 is 5.32 Å². The number of nitrogens with zero attached hydrogens (tertiary/aromatic N) is 6. The van der Waals surface area contributed by atoms with Crippen molar-refractivity contribution in [3.63, 3.8) is 0 Å². The number of aromatic nitrogens is 5. The van der Waals surface area contributed by atoms with Crippen LogP contribution in [0.15, 0.2) is 36.7 Å². The van der Waals surface area contributed by atoms with E-state index in [0.29, 0.717) is 11.3 Å². The number of anilines is 1. The number of aryl methyl sites for hydroxylation is 1. The maximum atomic E-state index is 13.7. The Labute approximate surface area is 159 Å². The molecule has 1 aromatic carbocycles. The molecule has 3 aromatic rings. The topological polar surface area (TPSA) is 121 Å². The van der Waals surface area contributed by atoms with E-state index in [9.17, 15) is 19.3 Å². The van der Waals surface area contributed by atoms with Gasteiger partial charge >= 0.3 is 5.82 Å². The molecule has 11 heteroatoms. The van der Waals surface area contributed by atoms with Gasteiger partial charge in [-0.05, 0) is 17.9 Å². The smallest absolute Gasteiger partial charge is 0.358 e. The molecule has 2 aromatic heterocycles. The summed E-state index contributed by atoms with van der Waals surface area (Å²) in [6.45, 7) is 3.69. The number of hydrogen-bond acceptors (Lipinski definition) is 6. The number of benzene rings is 1. The summed E-state index contributed by atoms with van der Waals surface area (Å²) in [6, 6.07) is 7.67. The first-order chi connectivity index (χ1) is 13.3. The van der Waals surface area contributed by atoms with Gasteiger partial charge in [-0.25, -0.2) is 14.1 Å². The van der Waals surface area contributed by atoms with Crippen LogP contribution in [0.5, 0.6) is 0 Å². The molecule has 1 N–H and O–H groups in total. The second kappa shape index (κ2) is 7.94. The Morgan fingerprint density at radius 1 is 1.36 bits per heavy atom. The molecular formula is C17H18FN7O3. The van der Waals surface area contributed by atoms with Crippen LogP contribution in [0, 0.1) is 28.8 Å². The average molecular weight is 387 g/mol. The summed E-state index contributed by atoms with van der Waals surface area (Å²) in [6.07, 6.45) is 1.40. The Hall–Kier alpha value is -3.63. The number of amides is 1. The number of carbonyl (C=O) groups is 1. The van der Waals surface area contributed by atoms with E-state index in [1.54, 1.807) is 32.0 Å². The summed E-state index contributed by atoms with van der Waals surface area (Å²) in [5.41, 5.74) is 1.04. The molecule has 1 atom stereocenters. The van der Waals surface area contributed by atoms with E-state index in [1.165, 1.54) is 27.8 Å². The molecule has 28 heavy (non-hydrogen) atoms. The number of hydrogen-bond donors (Lipinski definition) is 1. The summed E-state index contributed by atoms with van der Waals surface area (Å²) >= 11 is 0. The van der Waals surface area contributed by atoms with E-state index in [4.69, 9.17) is 0 Å². The molecule has 10 nitrogen and oxygen atoms in total. The van der Waals surface area contributed by atoms with Crippen molar-refractivity contribution >= 4 is 17.7 Å². The zero-order valence-electron chi connectivity index (χ0n) is 15.2. The fourth-order valence-electron chi connectivity index (χ4n) is 2.57. The summed E-state index contributed by atoms with van der Waals surface area (Å²) in [5.74, 6) is -1.41. The number of halogens is 1. The summed E-state index contributed by atoms with van der Waals surface area (Å²) < 4.78 is 16.5. The van der Waals surface area contributed by atoms with Gasteiger partial charge in [0.2, 0.25) is 11.9 Å². The van der Waals surface area contributed by atoms with Crippen LogP contribution in [0.1, 0.15) is 18.2 Å². The first-order valence-electron chi connectivity index (χ1n) is 8.46. The largest absolute Gasteiger partial charge is 0.390 e. The minimum atomic E-state index is -0.583. The van der Waals surface area contributed by atoms with Crippen molar-refractivity contribution in [2.45, 2.75) is 26.9 Å². The van der Waals surface area contributed by atoms with Crippen molar-refractivity contribution in [2.75, 3.05) is 5.32 Å². The SMILES string of the molecule is Cc1cc([N+](=O)[O-])nn1CC(C)C(=O)Nc1ncn(Cc2ccccc2F)n1. The molecule has 0 spiro atoms. The molecule has 0 bridgehead atoms. The number of carbonyl (C=O) groups excluding carboxylic acids is 1. The fourth-order valence-corrected chi connectivity index (χ4v) is 2.57. The van der Waals surface area contributed by atoms with Gasteiger partial charge in [-0.15, -0.1) is 5.10 Å². The normalized spacial score (nSPS) is 12.0. The highest BCUT2D eigenvalue weighted by Crippen LogP contribution is 2.14. The quantitative estimate of drug-likeness (QED) is 0.490. The minimum Gasteiger partial charge on any atom is -0.358 e. The van der Waals surface area contributed by atoms with Gasteiger partial charge in [0.15, 0.2) is 0 Å². The van der Waals surface area contributed by atoms with E-state index < -0.39 is 10.8 Å². The van der Waals surface area contributed by atoms with Gasteiger partial charge in [-0.3, -0.25) is 10.1 Å². The lowest BCUT2D eigenvalue weighted by Crippen LogP contribution is -2.25. The van der Waals surface area contributed by atoms with Crippen molar-refractivity contribution < 1.29 is 14.1 Å². The Morgan fingerprint density at radius 2 is 2.11 bits per heavy atom. The van der Waals surface area contributed by atoms with E-state index in [2.05, 4.69) is 20.5 Å². The van der Waals surface area contributed by atoms with E-state index in [0.717, 1.165) is 0 Å². The zero-order chi connectivity index (χ0) is 20.3. The molecule has 2 heterocycles. The number of nitrogens with one attached hydrogen (secondary N) is 1. The minimum absolute atomic E-state index is 0.0938. The van der Waals surface area contributed by atoms with Crippen LogP contribution in [0.3, 0.4) is 0 Å². The lowest BCUT2D eigenvalue weighted by Gasteiger charge is -2.09. The lowest BCUT2D eigenvalue weighted by atomic mass is 10.1. The molecule has 3 rings (SSSR count). The second-order valence-corrected chi connectivity index (χ2v) is 6.33. The molecule has 0 fully saturated rings. The van der Waals surface area contributed by atoms with Crippen molar-refractivity contribution in [3.8, 4) is 0 Å². The van der Waals surface area contributed by atoms with Gasteiger partial charge in [-0.1, -0.05) is 25.1 Å². The van der Waals surface area contributed by atoms with E-state index in [-0.39, 0.29) is 36.6 Å². The second-order valence-electron chi connectivity index (χ2n) is 6.33. The van der Waals surface area contributed by atoms with Crippen LogP contribution in [0.25, 0.3) is 0 Å². The number of rotatable bonds is 7. The molecule has 1 amide bonds. The third kappa shape index (κ3) is 4.37. The average Bonchev–Trinajstić information content (AvgIpc) is 3.24. The van der Waals surface area contributed by atoms with Crippen molar-refractivity contribution in [3.05, 3.63) is 63.8 Å². The Kier molecular flexibility index (Phi) is 5.43. The predicted octanol–water partition coefficient (Wildman–Crippen LogP) is 2.15. The first-order valence-corrected chi connectivity index (χ1v) is 8.46. The highest BCUT2D eigenvalue weighted by atomic mass is 19.1. The van der Waals surface area contributed by atoms with Gasteiger partial charge < -0.3 is 10.1 Å². The molecule has 0 aliphatic carbocycles. The fraction of sp³-hybridized carbons (Fsp3) is 0.294. The van der Waals surface area contributed by atoms with Crippen molar-refractivity contribution in [1.29, 1.82) is 0 Å². The standard InChI is InChI=1S/C17H18FN7O3/c1-11(8-24-12(2)7-15(21-24)25(27)28)16(26)20-17-19-10-23(22-17)9-13-5-3-4-6-14(13)18/h3-7,10-11H,8-9H2,1-2H3,(H,20,22,26). The molecule has 0 saturated heterocycles. The van der Waals surface area contributed by atoms with Crippen LogP contribution in [0.2, 0.25) is 0 Å². The van der Waals surface area contributed by atoms with Crippen LogP contribution in [-0.4, -0.2) is 35.4 Å². The molecule has 0 radical (unpaired) electrons. The van der Waals surface area contributed by atoms with Crippen molar-refractivity contribution in [1.82, 2.24) is 24.5 Å². The van der Waals surface area contributed by atoms with E-state index in [1.807, 2.05) is 0 Å². The van der Waals surface area contributed by atoms with Gasteiger partial charge in [0.25, 0.3) is 0 Å². The first kappa shape index (κ1) is 19.1. The Balaban J connectivity index is 1.61. The summed E-state index contributed by atoms with van der Waals surface area (Å²) in [5, 5.41) is 21.4. The predicted molar refractivity (Wildman–Crippen MR) is 96.9 cm³/mol. The highest BCUT2D eigenvalue weighted by Gasteiger charge is 2.21. The molecule has 0 aliphatic heterocycles. The maximum Gasteiger partial charge on any atom is 0.390 e. The zero-order valence-corrected chi connectivity index (χ0v) is 15.2. The van der Waals surface area contributed by atoms with Gasteiger partial charge in [0.1, 0.15) is 12.1 Å². The third-order valence-corrected chi connectivity index (χ3v) is 4.11. The molecule has 1 unspecified atom stereocenters. The highest BCUT2D eigenvalue weighted by molar-refractivity contribution is 5.90. The van der Waals surface area contributed by atoms with Gasteiger partial charge in [0.05, 0.1) is 35.9 Å². The lowest BCUT2D eigenvalue weighted by molar-refractivity contribution is -0.389. The van der Waals surface area contributed by atoms with Gasteiger partial charge in [0, 0.05) is 5.56 Å². The monoisotopic (exact) mass is 387 g/mol. The number of nitro groups is 1. The molecule has 0 aliphatic rings. The van der Waals surface area contributed by atoms with Gasteiger partial charge in [-0.2, -0.15) is 4.68 Å². The van der Waals surface area contributed by atoms with Crippen molar-refractivity contribution in [2.24, 2.45) is 5.92 Å². The van der Waals surface area contributed by atoms with Crippen LogP contribution >= 0.6 is 0 Å². The summed E-state index contributed by atoms with van der Waals surface area (Å²) in [7, 11) is 0. The molecule has 146 valence electrons. The van der Waals surface area contributed by atoms with Crippen LogP contribution in [0.4, 0.5) is 16.2 Å². The third-order valence-electron chi connectivity index (χ3n) is 4.11. The molecule has 0 saturated carbocycles. The maximum absolute atomic E-state index is 13.7. The Bertz CT molecular complexity index is 1010. The summed E-state index contributed by atoms with van der Waals surface area (Å²) in [4.78, 5) is 26.6. The van der Waals surface area contributed by atoms with Crippen LogP contribution in [-0.2, 0) is 17.9 Å². The molecular weight excluding hydrogens is 369 g/mol. The Morgan fingerprint density at radius 3 is 2.79 bits per heavy atom. The van der Waals surface area contributed by atoms with E-state index >= 15 is 0 Å².